The van der Waals surface area contributed by atoms with Crippen LogP contribution in [0.5, 0.6) is 0 Å². The van der Waals surface area contributed by atoms with Gasteiger partial charge in [0.05, 0.1) is 9.88 Å². The lowest BCUT2D eigenvalue weighted by Crippen LogP contribution is -2.10. The molecule has 9 heteroatoms. The van der Waals surface area contributed by atoms with Gasteiger partial charge in [-0.05, 0) is 12.1 Å². The third-order valence-electron chi connectivity index (χ3n) is 2.18. The Hall–Kier alpha value is -2.68. The summed E-state index contributed by atoms with van der Waals surface area (Å²) < 4.78 is 0. The first-order valence-corrected chi connectivity index (χ1v) is 6.25. The molecule has 0 bridgehead atoms. The van der Waals surface area contributed by atoms with E-state index in [4.69, 9.17) is 5.11 Å². The van der Waals surface area contributed by atoms with Gasteiger partial charge in [-0.15, -0.1) is 11.3 Å². The Labute approximate surface area is 116 Å². The summed E-state index contributed by atoms with van der Waals surface area (Å²) >= 11 is 1.10. The molecule has 0 spiro atoms. The minimum Gasteiger partial charge on any atom is -0.477 e. The molecule has 2 amide bonds. The van der Waals surface area contributed by atoms with Crippen molar-refractivity contribution in [1.29, 1.82) is 0 Å². The van der Waals surface area contributed by atoms with Crippen LogP contribution in [0.3, 0.4) is 0 Å². The highest BCUT2D eigenvalue weighted by Crippen LogP contribution is 2.22. The van der Waals surface area contributed by atoms with Crippen molar-refractivity contribution in [2.45, 2.75) is 6.92 Å². The molecule has 0 atom stereocenters. The van der Waals surface area contributed by atoms with Gasteiger partial charge in [0.2, 0.25) is 5.91 Å². The van der Waals surface area contributed by atoms with Gasteiger partial charge < -0.3 is 15.7 Å². The highest BCUT2D eigenvalue weighted by molar-refractivity contribution is 7.18. The maximum absolute atomic E-state index is 11.9. The number of carbonyl (C=O) groups excluding carboxylic acids is 2. The van der Waals surface area contributed by atoms with Crippen LogP contribution < -0.4 is 10.6 Å². The maximum Gasteiger partial charge on any atom is 0.353 e. The summed E-state index contributed by atoms with van der Waals surface area (Å²) in [4.78, 5) is 33.8. The van der Waals surface area contributed by atoms with Crippen LogP contribution >= 0.6 is 11.3 Å². The van der Waals surface area contributed by atoms with E-state index in [0.717, 1.165) is 11.3 Å². The number of amides is 2. The number of aromatic amines is 1. The number of carboxylic acid groups (broad SMARTS) is 1. The Morgan fingerprint density at radius 2 is 2.05 bits per heavy atom. The fraction of sp³-hybridized carbons (Fsp3) is 0.0909. The van der Waals surface area contributed by atoms with Gasteiger partial charge in [0.25, 0.3) is 5.91 Å². The van der Waals surface area contributed by atoms with Gasteiger partial charge in [0.1, 0.15) is 5.69 Å². The second-order valence-corrected chi connectivity index (χ2v) is 4.85. The number of hydrogen-bond acceptors (Lipinski definition) is 5. The first-order chi connectivity index (χ1) is 9.45. The lowest BCUT2D eigenvalue weighted by atomic mass is 10.4. The summed E-state index contributed by atoms with van der Waals surface area (Å²) in [6, 6.07) is 4.37. The van der Waals surface area contributed by atoms with E-state index < -0.39 is 11.9 Å². The van der Waals surface area contributed by atoms with E-state index in [0.29, 0.717) is 9.88 Å². The molecule has 0 unspecified atom stereocenters. The van der Waals surface area contributed by atoms with Crippen molar-refractivity contribution in [2.75, 3.05) is 10.6 Å². The standard InChI is InChI=1S/C11H10N4O4S/c1-5(16)12-9-3-2-7(20-9)10(17)13-8-4-6(11(18)19)14-15-8/h2-4H,1H3,(H,12,16)(H,18,19)(H2,13,14,15,17). The third-order valence-corrected chi connectivity index (χ3v) is 3.18. The van der Waals surface area contributed by atoms with Crippen LogP contribution in [0.1, 0.15) is 27.1 Å². The van der Waals surface area contributed by atoms with Gasteiger partial charge in [0.15, 0.2) is 5.82 Å². The van der Waals surface area contributed by atoms with Crippen LogP contribution in [-0.4, -0.2) is 33.1 Å². The van der Waals surface area contributed by atoms with Gasteiger partial charge in [0, 0.05) is 13.0 Å². The predicted octanol–water partition coefficient (Wildman–Crippen LogP) is 1.38. The number of carbonyl (C=O) groups is 3. The number of aromatic nitrogens is 2. The topological polar surface area (TPSA) is 124 Å². The molecule has 0 fully saturated rings. The van der Waals surface area contributed by atoms with Gasteiger partial charge in [-0.3, -0.25) is 14.7 Å². The Morgan fingerprint density at radius 1 is 1.30 bits per heavy atom. The van der Waals surface area contributed by atoms with Gasteiger partial charge >= 0.3 is 5.97 Å². The minimum atomic E-state index is -1.16. The average Bonchev–Trinajstić information content (AvgIpc) is 2.97. The Bertz CT molecular complexity index is 676. The molecule has 2 rings (SSSR count). The molecule has 2 heterocycles. The van der Waals surface area contributed by atoms with E-state index in [2.05, 4.69) is 20.8 Å². The summed E-state index contributed by atoms with van der Waals surface area (Å²) in [6.45, 7) is 1.37. The normalized spacial score (nSPS) is 10.1. The highest BCUT2D eigenvalue weighted by atomic mass is 32.1. The Kier molecular flexibility index (Phi) is 3.80. The molecule has 2 aromatic rings. The van der Waals surface area contributed by atoms with Gasteiger partial charge in [-0.2, -0.15) is 5.10 Å². The molecule has 2 aromatic heterocycles. The van der Waals surface area contributed by atoms with E-state index in [1.807, 2.05) is 0 Å². The molecule has 0 aromatic carbocycles. The molecule has 104 valence electrons. The SMILES string of the molecule is CC(=O)Nc1ccc(C(=O)Nc2cc(C(=O)O)[nH]n2)s1. The van der Waals surface area contributed by atoms with E-state index in [9.17, 15) is 14.4 Å². The molecule has 20 heavy (non-hydrogen) atoms. The van der Waals surface area contributed by atoms with E-state index in [-0.39, 0.29) is 17.4 Å². The zero-order chi connectivity index (χ0) is 14.7. The molecular formula is C11H10N4O4S. The minimum absolute atomic E-state index is 0.113. The number of rotatable bonds is 4. The van der Waals surface area contributed by atoms with Crippen LogP contribution in [0.4, 0.5) is 10.8 Å². The van der Waals surface area contributed by atoms with Crippen molar-refractivity contribution in [2.24, 2.45) is 0 Å². The Balaban J connectivity index is 2.05. The van der Waals surface area contributed by atoms with Crippen molar-refractivity contribution in [1.82, 2.24) is 10.2 Å². The van der Waals surface area contributed by atoms with Crippen molar-refractivity contribution in [3.63, 3.8) is 0 Å². The molecule has 0 aliphatic heterocycles. The molecule has 0 saturated carbocycles. The van der Waals surface area contributed by atoms with Gasteiger partial charge in [-0.25, -0.2) is 4.79 Å². The maximum atomic E-state index is 11.9. The van der Waals surface area contributed by atoms with Crippen molar-refractivity contribution in [3.05, 3.63) is 28.8 Å². The smallest absolute Gasteiger partial charge is 0.353 e. The molecular weight excluding hydrogens is 284 g/mol. The molecule has 0 aliphatic carbocycles. The van der Waals surface area contributed by atoms with Crippen molar-refractivity contribution < 1.29 is 19.5 Å². The predicted molar refractivity (Wildman–Crippen MR) is 72.1 cm³/mol. The summed E-state index contributed by atoms with van der Waals surface area (Å²) in [5.74, 6) is -1.71. The Morgan fingerprint density at radius 3 is 2.65 bits per heavy atom. The molecule has 0 radical (unpaired) electrons. The average molecular weight is 294 g/mol. The summed E-state index contributed by atoms with van der Waals surface area (Å²) in [5.41, 5.74) is -0.120. The molecule has 0 saturated heterocycles. The third kappa shape index (κ3) is 3.20. The number of H-pyrrole nitrogens is 1. The van der Waals surface area contributed by atoms with Crippen molar-refractivity contribution in [3.8, 4) is 0 Å². The number of anilines is 2. The number of aromatic carboxylic acids is 1. The first kappa shape index (κ1) is 13.7. The molecule has 0 aliphatic rings. The van der Waals surface area contributed by atoms with Crippen LogP contribution in [0.15, 0.2) is 18.2 Å². The number of thiophene rings is 1. The second kappa shape index (κ2) is 5.53. The number of hydrogen-bond donors (Lipinski definition) is 4. The summed E-state index contributed by atoms with van der Waals surface area (Å²) in [6.07, 6.45) is 0. The second-order valence-electron chi connectivity index (χ2n) is 3.77. The zero-order valence-corrected chi connectivity index (χ0v) is 11.1. The van der Waals surface area contributed by atoms with Crippen LogP contribution in [0.25, 0.3) is 0 Å². The first-order valence-electron chi connectivity index (χ1n) is 5.43. The highest BCUT2D eigenvalue weighted by Gasteiger charge is 2.13. The van der Waals surface area contributed by atoms with Crippen LogP contribution in [-0.2, 0) is 4.79 Å². The summed E-state index contributed by atoms with van der Waals surface area (Å²) in [5, 5.41) is 20.2. The van der Waals surface area contributed by atoms with E-state index >= 15 is 0 Å². The van der Waals surface area contributed by atoms with Crippen LogP contribution in [0.2, 0.25) is 0 Å². The number of nitrogens with one attached hydrogen (secondary N) is 3. The van der Waals surface area contributed by atoms with Crippen LogP contribution in [0, 0.1) is 0 Å². The number of nitrogens with zero attached hydrogens (tertiary/aromatic N) is 1. The number of carboxylic acids is 1. The lowest BCUT2D eigenvalue weighted by Gasteiger charge is -1.98. The monoisotopic (exact) mass is 294 g/mol. The summed E-state index contributed by atoms with van der Waals surface area (Å²) in [7, 11) is 0. The largest absolute Gasteiger partial charge is 0.477 e. The molecule has 4 N–H and O–H groups in total. The quantitative estimate of drug-likeness (QED) is 0.678. The van der Waals surface area contributed by atoms with Crippen molar-refractivity contribution >= 4 is 39.9 Å². The molecule has 8 nitrogen and oxygen atoms in total. The van der Waals surface area contributed by atoms with E-state index in [1.165, 1.54) is 13.0 Å². The van der Waals surface area contributed by atoms with Gasteiger partial charge in [-0.1, -0.05) is 0 Å². The van der Waals surface area contributed by atoms with E-state index in [1.54, 1.807) is 12.1 Å². The lowest BCUT2D eigenvalue weighted by molar-refractivity contribution is -0.114. The zero-order valence-electron chi connectivity index (χ0n) is 10.3. The fourth-order valence-corrected chi connectivity index (χ4v) is 2.22. The fourth-order valence-electron chi connectivity index (χ4n) is 1.37.